The monoisotopic (exact) mass is 433 g/mol. The van der Waals surface area contributed by atoms with Gasteiger partial charge in [-0.15, -0.1) is 13.2 Å². The molecule has 2 heterocycles. The minimum absolute atomic E-state index is 0.0673. The van der Waals surface area contributed by atoms with E-state index in [2.05, 4.69) is 9.72 Å². The maximum atomic E-state index is 15.4. The molecule has 4 rings (SSSR count). The molecular weight excluding hydrogens is 410 g/mol. The van der Waals surface area contributed by atoms with Crippen LogP contribution in [-0.4, -0.2) is 58.8 Å². The summed E-state index contributed by atoms with van der Waals surface area (Å²) in [6.45, 7) is 1.38. The van der Waals surface area contributed by atoms with Crippen LogP contribution in [0.3, 0.4) is 0 Å². The Labute approximate surface area is 167 Å². The molecule has 2 fully saturated rings. The Hall–Kier alpha value is -2.18. The third-order valence-corrected chi connectivity index (χ3v) is 6.13. The van der Waals surface area contributed by atoms with Crippen LogP contribution in [0.5, 0.6) is 0 Å². The van der Waals surface area contributed by atoms with Crippen molar-refractivity contribution >= 4 is 11.3 Å². The molecule has 4 atom stereocenters. The number of nitrogens with zero attached hydrogens (tertiary/aromatic N) is 2. The number of rotatable bonds is 4. The summed E-state index contributed by atoms with van der Waals surface area (Å²) in [7, 11) is 0. The molecule has 3 aliphatic rings. The van der Waals surface area contributed by atoms with E-state index < -0.39 is 41.8 Å². The smallest absolute Gasteiger partial charge is 0.399 e. The van der Waals surface area contributed by atoms with Gasteiger partial charge in [-0.2, -0.15) is 0 Å². The fourth-order valence-electron chi connectivity index (χ4n) is 4.64. The predicted octanol–water partition coefficient (Wildman–Crippen LogP) is -1.38. The molecule has 1 saturated carbocycles. The highest BCUT2D eigenvalue weighted by atomic mass is 19.4. The van der Waals surface area contributed by atoms with E-state index in [1.54, 1.807) is 6.92 Å². The number of alkyl halides is 4. The van der Waals surface area contributed by atoms with E-state index in [9.17, 15) is 22.8 Å². The summed E-state index contributed by atoms with van der Waals surface area (Å²) in [5.74, 6) is -0.654. The summed E-state index contributed by atoms with van der Waals surface area (Å²) >= 11 is 0. The second-order valence-electron chi connectivity index (χ2n) is 8.12. The van der Waals surface area contributed by atoms with Gasteiger partial charge in [0.05, 0.1) is 28.4 Å². The molecule has 4 unspecified atom stereocenters. The fourth-order valence-corrected chi connectivity index (χ4v) is 4.64. The van der Waals surface area contributed by atoms with Gasteiger partial charge in [-0.1, -0.05) is 0 Å². The van der Waals surface area contributed by atoms with E-state index in [4.69, 9.17) is 11.5 Å². The summed E-state index contributed by atoms with van der Waals surface area (Å²) < 4.78 is 59.3. The molecule has 0 amide bonds. The molecule has 166 valence electrons. The van der Waals surface area contributed by atoms with Crippen LogP contribution in [0.4, 0.5) is 17.6 Å². The Morgan fingerprint density at radius 3 is 2.47 bits per heavy atom. The van der Waals surface area contributed by atoms with Crippen molar-refractivity contribution in [3.8, 4) is 0 Å². The lowest BCUT2D eigenvalue weighted by Gasteiger charge is -2.34. The molecule has 0 bridgehead atoms. The van der Waals surface area contributed by atoms with Crippen LogP contribution in [0.15, 0.2) is 9.59 Å². The zero-order valence-electron chi connectivity index (χ0n) is 16.2. The summed E-state index contributed by atoms with van der Waals surface area (Å²) in [4.78, 5) is 28.5. The first kappa shape index (κ1) is 21.1. The molecule has 2 aliphatic carbocycles. The topological polar surface area (TPSA) is 119 Å². The van der Waals surface area contributed by atoms with Crippen LogP contribution < -0.4 is 33.3 Å². The van der Waals surface area contributed by atoms with Crippen molar-refractivity contribution in [2.75, 3.05) is 19.6 Å². The molecule has 1 aromatic rings. The molecular formula is C18H23F4N5O3. The van der Waals surface area contributed by atoms with E-state index in [-0.39, 0.29) is 41.9 Å². The zero-order valence-corrected chi connectivity index (χ0v) is 16.2. The summed E-state index contributed by atoms with van der Waals surface area (Å²) in [5, 5.41) is 0.174. The average Bonchev–Trinajstić information content (AvgIpc) is 3.39. The van der Waals surface area contributed by atoms with E-state index in [1.807, 2.05) is 0 Å². The summed E-state index contributed by atoms with van der Waals surface area (Å²) in [5.41, 5.74) is 10.3. The quantitative estimate of drug-likeness (QED) is 0.504. The third kappa shape index (κ3) is 3.46. The highest BCUT2D eigenvalue weighted by Crippen LogP contribution is 2.34. The van der Waals surface area contributed by atoms with E-state index in [0.29, 0.717) is 5.57 Å². The third-order valence-electron chi connectivity index (χ3n) is 6.13. The number of fused-ring (bicyclic) bond motifs is 1. The van der Waals surface area contributed by atoms with Gasteiger partial charge in [0.25, 0.3) is 5.56 Å². The molecule has 1 saturated heterocycles. The average molecular weight is 433 g/mol. The SMILES string of the molecule is CC1=c2c(c(=O)[nH]c(=O)n2C2CC2)=C(N)C(F)C1N1CC(CN)C(OC(F)(F)F)C1. The zero-order chi connectivity index (χ0) is 22.0. The summed E-state index contributed by atoms with van der Waals surface area (Å²) in [6, 6.07) is -1.15. The molecule has 0 spiro atoms. The van der Waals surface area contributed by atoms with Gasteiger partial charge in [-0.25, -0.2) is 9.18 Å². The minimum Gasteiger partial charge on any atom is -0.399 e. The number of hydrogen-bond donors (Lipinski definition) is 3. The molecule has 5 N–H and O–H groups in total. The van der Waals surface area contributed by atoms with Crippen LogP contribution >= 0.6 is 0 Å². The number of nitrogens with one attached hydrogen (secondary N) is 1. The first-order valence-corrected chi connectivity index (χ1v) is 9.71. The second-order valence-corrected chi connectivity index (χ2v) is 8.12. The molecule has 8 nitrogen and oxygen atoms in total. The molecule has 0 aromatic carbocycles. The van der Waals surface area contributed by atoms with Gasteiger partial charge >= 0.3 is 12.1 Å². The maximum absolute atomic E-state index is 15.4. The lowest BCUT2D eigenvalue weighted by Crippen LogP contribution is -2.62. The van der Waals surface area contributed by atoms with Gasteiger partial charge in [0.15, 0.2) is 6.17 Å². The number of aromatic amines is 1. The highest BCUT2D eigenvalue weighted by Gasteiger charge is 2.46. The second kappa shape index (κ2) is 7.20. The van der Waals surface area contributed by atoms with E-state index in [0.717, 1.165) is 12.8 Å². The standard InChI is InChI=1S/C18H23F4N5O3/c1-7-14-11(16(28)25-17(29)27(14)9-2-3-9)13(24)12(19)15(7)26-5-8(4-23)10(6-26)30-18(20,21)22/h8-10,12,15H,2-6,23-24H2,1H3,(H,25,28,29). The van der Waals surface area contributed by atoms with Gasteiger partial charge in [0.2, 0.25) is 0 Å². The van der Waals surface area contributed by atoms with Gasteiger partial charge in [0.1, 0.15) is 0 Å². The Kier molecular flexibility index (Phi) is 5.06. The Morgan fingerprint density at radius 1 is 1.23 bits per heavy atom. The number of likely N-dealkylation sites (tertiary alicyclic amines) is 1. The molecule has 12 heteroatoms. The Balaban J connectivity index is 1.83. The van der Waals surface area contributed by atoms with Gasteiger partial charge in [0, 0.05) is 25.0 Å². The molecule has 1 aliphatic heterocycles. The van der Waals surface area contributed by atoms with E-state index in [1.165, 1.54) is 9.47 Å². The van der Waals surface area contributed by atoms with Crippen LogP contribution in [0.25, 0.3) is 11.3 Å². The first-order chi connectivity index (χ1) is 14.0. The van der Waals surface area contributed by atoms with Crippen LogP contribution in [0.2, 0.25) is 0 Å². The molecule has 30 heavy (non-hydrogen) atoms. The molecule has 0 radical (unpaired) electrons. The first-order valence-electron chi connectivity index (χ1n) is 9.71. The number of ether oxygens (including phenoxy) is 1. The number of H-pyrrole nitrogens is 1. The van der Waals surface area contributed by atoms with Gasteiger partial charge in [-0.3, -0.25) is 24.0 Å². The Bertz CT molecular complexity index is 1090. The lowest BCUT2D eigenvalue weighted by molar-refractivity contribution is -0.344. The van der Waals surface area contributed by atoms with Gasteiger partial charge < -0.3 is 11.5 Å². The van der Waals surface area contributed by atoms with Crippen molar-refractivity contribution in [3.05, 3.63) is 31.4 Å². The minimum atomic E-state index is -4.84. The Morgan fingerprint density at radius 2 is 1.90 bits per heavy atom. The highest BCUT2D eigenvalue weighted by molar-refractivity contribution is 5.62. The molecule has 1 aromatic heterocycles. The number of halogens is 4. The number of nitrogens with two attached hydrogens (primary N) is 2. The number of aromatic nitrogens is 2. The number of hydrogen-bond acceptors (Lipinski definition) is 6. The van der Waals surface area contributed by atoms with Crippen LogP contribution in [0, 0.1) is 5.92 Å². The lowest BCUT2D eigenvalue weighted by atomic mass is 9.93. The fraction of sp³-hybridized carbons (Fsp3) is 0.667. The van der Waals surface area contributed by atoms with Crippen molar-refractivity contribution in [2.45, 2.75) is 50.5 Å². The van der Waals surface area contributed by atoms with Crippen LogP contribution in [-0.2, 0) is 4.74 Å². The van der Waals surface area contributed by atoms with E-state index >= 15 is 4.39 Å². The van der Waals surface area contributed by atoms with Gasteiger partial charge in [-0.05, 0) is 31.9 Å². The normalized spacial score (nSPS) is 30.1. The predicted molar refractivity (Wildman–Crippen MR) is 99.3 cm³/mol. The van der Waals surface area contributed by atoms with Crippen molar-refractivity contribution in [3.63, 3.8) is 0 Å². The summed E-state index contributed by atoms with van der Waals surface area (Å²) in [6.07, 6.45) is -6.45. The van der Waals surface area contributed by atoms with Crippen molar-refractivity contribution in [2.24, 2.45) is 17.4 Å². The maximum Gasteiger partial charge on any atom is 0.522 e. The largest absolute Gasteiger partial charge is 0.522 e. The van der Waals surface area contributed by atoms with Crippen molar-refractivity contribution in [1.82, 2.24) is 14.5 Å². The van der Waals surface area contributed by atoms with Crippen molar-refractivity contribution in [1.29, 1.82) is 0 Å². The van der Waals surface area contributed by atoms with Crippen LogP contribution in [0.1, 0.15) is 25.8 Å². The van der Waals surface area contributed by atoms with Crippen molar-refractivity contribution < 1.29 is 22.3 Å².